The summed E-state index contributed by atoms with van der Waals surface area (Å²) < 4.78 is 32.0. The Labute approximate surface area is 82.7 Å². The standard InChI is InChI=1S/C5H3N5O4S/c6-5-8-3-2-4(9-5)13-15(11,12)14-10(2)1-7-3/h1H,(H2,6,8,9). The van der Waals surface area contributed by atoms with E-state index in [0.29, 0.717) is 0 Å². The van der Waals surface area contributed by atoms with Gasteiger partial charge in [0, 0.05) is 0 Å². The van der Waals surface area contributed by atoms with Crippen LogP contribution in [0, 0.1) is 0 Å². The van der Waals surface area contributed by atoms with Crippen LogP contribution in [-0.4, -0.2) is 28.1 Å². The molecule has 0 amide bonds. The van der Waals surface area contributed by atoms with Gasteiger partial charge in [-0.3, -0.25) is 4.28 Å². The monoisotopic (exact) mass is 229 g/mol. The van der Waals surface area contributed by atoms with Crippen molar-refractivity contribution in [3.63, 3.8) is 0 Å². The number of nitrogens with two attached hydrogens (primary N) is 1. The topological polar surface area (TPSA) is 122 Å². The molecule has 1 aliphatic rings. The van der Waals surface area contributed by atoms with Crippen LogP contribution in [0.15, 0.2) is 6.33 Å². The number of hydrogen-bond donors (Lipinski definition) is 1. The fraction of sp³-hybridized carbons (Fsp3) is 0. The highest BCUT2D eigenvalue weighted by molar-refractivity contribution is 7.82. The first-order valence-electron chi connectivity index (χ1n) is 3.70. The minimum absolute atomic E-state index is 0.125. The molecule has 0 bridgehead atoms. The van der Waals surface area contributed by atoms with Gasteiger partial charge in [0.2, 0.25) is 5.95 Å². The minimum Gasteiger partial charge on any atom is -0.368 e. The molecule has 10 heteroatoms. The summed E-state index contributed by atoms with van der Waals surface area (Å²) in [5.41, 5.74) is 5.76. The van der Waals surface area contributed by atoms with E-state index in [0.717, 1.165) is 11.1 Å². The van der Waals surface area contributed by atoms with Crippen LogP contribution in [0.2, 0.25) is 0 Å². The SMILES string of the molecule is Nc1nc2c3c(ncn3OS(=O)(=O)O2)n1. The summed E-state index contributed by atoms with van der Waals surface area (Å²) in [6.45, 7) is 0. The highest BCUT2D eigenvalue weighted by Crippen LogP contribution is 2.26. The van der Waals surface area contributed by atoms with Crippen LogP contribution in [0.5, 0.6) is 5.88 Å². The molecule has 3 rings (SSSR count). The summed E-state index contributed by atoms with van der Waals surface area (Å²) in [6.07, 6.45) is 1.14. The lowest BCUT2D eigenvalue weighted by Gasteiger charge is -2.13. The fourth-order valence-corrected chi connectivity index (χ4v) is 1.86. The van der Waals surface area contributed by atoms with E-state index in [-0.39, 0.29) is 23.0 Å². The van der Waals surface area contributed by atoms with E-state index < -0.39 is 10.4 Å². The van der Waals surface area contributed by atoms with Crippen LogP contribution in [-0.2, 0) is 10.4 Å². The zero-order valence-corrected chi connectivity index (χ0v) is 7.80. The predicted octanol–water partition coefficient (Wildman–Crippen LogP) is -1.53. The van der Waals surface area contributed by atoms with Crippen molar-refractivity contribution < 1.29 is 16.9 Å². The third kappa shape index (κ3) is 1.08. The first kappa shape index (κ1) is 8.23. The fourth-order valence-electron chi connectivity index (χ4n) is 1.21. The summed E-state index contributed by atoms with van der Waals surface area (Å²) in [5, 5.41) is 0. The number of nitrogens with zero attached hydrogens (tertiary/aromatic N) is 4. The van der Waals surface area contributed by atoms with Gasteiger partial charge in [-0.2, -0.15) is 9.97 Å². The van der Waals surface area contributed by atoms with Crippen LogP contribution in [0.3, 0.4) is 0 Å². The second kappa shape index (κ2) is 2.28. The van der Waals surface area contributed by atoms with Crippen LogP contribution in [0.4, 0.5) is 5.95 Å². The van der Waals surface area contributed by atoms with Crippen LogP contribution >= 0.6 is 0 Å². The minimum atomic E-state index is -4.15. The number of aromatic nitrogens is 4. The Bertz CT molecular complexity index is 661. The van der Waals surface area contributed by atoms with Crippen molar-refractivity contribution in [3.8, 4) is 5.88 Å². The van der Waals surface area contributed by atoms with Crippen molar-refractivity contribution >= 4 is 27.5 Å². The Morgan fingerprint density at radius 1 is 1.40 bits per heavy atom. The zero-order valence-electron chi connectivity index (χ0n) is 6.98. The average molecular weight is 229 g/mol. The molecule has 2 aromatic heterocycles. The second-order valence-electron chi connectivity index (χ2n) is 2.70. The third-order valence-corrected chi connectivity index (χ3v) is 2.41. The molecule has 0 spiro atoms. The van der Waals surface area contributed by atoms with E-state index in [9.17, 15) is 8.42 Å². The van der Waals surface area contributed by atoms with E-state index in [4.69, 9.17) is 5.73 Å². The molecule has 1 aliphatic heterocycles. The molecule has 0 saturated heterocycles. The quantitative estimate of drug-likeness (QED) is 0.577. The van der Waals surface area contributed by atoms with Gasteiger partial charge >= 0.3 is 10.4 Å². The predicted molar refractivity (Wildman–Crippen MR) is 45.9 cm³/mol. The normalized spacial score (nSPS) is 17.1. The molecular formula is C5H3N5O4S. The molecule has 0 saturated carbocycles. The van der Waals surface area contributed by atoms with Crippen molar-refractivity contribution in [2.45, 2.75) is 0 Å². The van der Waals surface area contributed by atoms with Crippen molar-refractivity contribution in [1.82, 2.24) is 19.7 Å². The van der Waals surface area contributed by atoms with Gasteiger partial charge in [0.25, 0.3) is 5.88 Å². The molecule has 0 atom stereocenters. The average Bonchev–Trinajstić information content (AvgIpc) is 2.45. The Morgan fingerprint density at radius 2 is 2.20 bits per heavy atom. The maximum Gasteiger partial charge on any atom is 0.522 e. The van der Waals surface area contributed by atoms with Crippen LogP contribution in [0.1, 0.15) is 0 Å². The Morgan fingerprint density at radius 3 is 3.00 bits per heavy atom. The lowest BCUT2D eigenvalue weighted by molar-refractivity contribution is 0.235. The van der Waals surface area contributed by atoms with Gasteiger partial charge < -0.3 is 9.92 Å². The largest absolute Gasteiger partial charge is 0.522 e. The van der Waals surface area contributed by atoms with Gasteiger partial charge in [-0.05, 0) is 0 Å². The smallest absolute Gasteiger partial charge is 0.368 e. The lowest BCUT2D eigenvalue weighted by Crippen LogP contribution is -2.29. The molecular weight excluding hydrogens is 226 g/mol. The molecule has 78 valence electrons. The Kier molecular flexibility index (Phi) is 1.25. The van der Waals surface area contributed by atoms with Gasteiger partial charge in [-0.15, -0.1) is 13.1 Å². The molecule has 0 radical (unpaired) electrons. The van der Waals surface area contributed by atoms with E-state index in [1.807, 2.05) is 0 Å². The Balaban J connectivity index is 2.44. The number of hydrogen-bond acceptors (Lipinski definition) is 8. The maximum atomic E-state index is 11.1. The summed E-state index contributed by atoms with van der Waals surface area (Å²) in [7, 11) is -4.15. The molecule has 0 fully saturated rings. The molecule has 15 heavy (non-hydrogen) atoms. The van der Waals surface area contributed by atoms with Crippen molar-refractivity contribution in [1.29, 1.82) is 0 Å². The molecule has 3 heterocycles. The van der Waals surface area contributed by atoms with Crippen molar-refractivity contribution in [2.24, 2.45) is 0 Å². The Hall–Kier alpha value is -2.10. The highest BCUT2D eigenvalue weighted by atomic mass is 32.3. The molecule has 0 aromatic carbocycles. The van der Waals surface area contributed by atoms with E-state index in [1.54, 1.807) is 0 Å². The number of imidazole rings is 1. The summed E-state index contributed by atoms with van der Waals surface area (Å²) >= 11 is 0. The highest BCUT2D eigenvalue weighted by Gasteiger charge is 2.29. The molecule has 0 aliphatic carbocycles. The number of nitrogen functional groups attached to an aromatic ring is 1. The molecule has 0 unspecified atom stereocenters. The first-order valence-corrected chi connectivity index (χ1v) is 5.03. The number of rotatable bonds is 0. The van der Waals surface area contributed by atoms with E-state index in [2.05, 4.69) is 23.4 Å². The number of anilines is 1. The summed E-state index contributed by atoms with van der Waals surface area (Å²) in [6, 6.07) is 0. The van der Waals surface area contributed by atoms with Gasteiger partial charge in [0.1, 0.15) is 6.33 Å². The van der Waals surface area contributed by atoms with E-state index in [1.165, 1.54) is 0 Å². The third-order valence-electron chi connectivity index (χ3n) is 1.71. The van der Waals surface area contributed by atoms with Crippen LogP contribution < -0.4 is 14.2 Å². The summed E-state index contributed by atoms with van der Waals surface area (Å²) in [5.74, 6) is -0.318. The van der Waals surface area contributed by atoms with E-state index >= 15 is 0 Å². The van der Waals surface area contributed by atoms with Gasteiger partial charge in [-0.1, -0.05) is 0 Å². The lowest BCUT2D eigenvalue weighted by atomic mass is 10.5. The van der Waals surface area contributed by atoms with Crippen molar-refractivity contribution in [2.75, 3.05) is 5.73 Å². The second-order valence-corrected chi connectivity index (χ2v) is 3.83. The van der Waals surface area contributed by atoms with Gasteiger partial charge in [0.05, 0.1) is 0 Å². The zero-order chi connectivity index (χ0) is 10.6. The first-order chi connectivity index (χ1) is 7.05. The van der Waals surface area contributed by atoms with Crippen LogP contribution in [0.25, 0.3) is 11.2 Å². The van der Waals surface area contributed by atoms with Crippen molar-refractivity contribution in [3.05, 3.63) is 6.33 Å². The summed E-state index contributed by atoms with van der Waals surface area (Å²) in [4.78, 5) is 11.2. The molecule has 9 nitrogen and oxygen atoms in total. The molecule has 2 aromatic rings. The molecule has 2 N–H and O–H groups in total. The van der Waals surface area contributed by atoms with Gasteiger partial charge in [-0.25, -0.2) is 4.98 Å². The van der Waals surface area contributed by atoms with Gasteiger partial charge in [0.15, 0.2) is 11.2 Å². The maximum absolute atomic E-state index is 11.1.